The molecule has 0 spiro atoms. The van der Waals surface area contributed by atoms with Gasteiger partial charge in [-0.25, -0.2) is 0 Å². The van der Waals surface area contributed by atoms with Gasteiger partial charge in [-0.3, -0.25) is 0 Å². The zero-order valence-electron chi connectivity index (χ0n) is 11.0. The zero-order valence-corrected chi connectivity index (χ0v) is 11.0. The molecular weight excluding hydrogens is 228 g/mol. The molecule has 0 radical (unpaired) electrons. The fourth-order valence-corrected chi connectivity index (χ4v) is 3.39. The lowest BCUT2D eigenvalue weighted by Gasteiger charge is -2.44. The Morgan fingerprint density at radius 1 is 1.22 bits per heavy atom. The second-order valence-corrected chi connectivity index (χ2v) is 5.93. The van der Waals surface area contributed by atoms with E-state index in [4.69, 9.17) is 0 Å². The van der Waals surface area contributed by atoms with Gasteiger partial charge in [0.15, 0.2) is 5.82 Å². The molecule has 1 heterocycles. The average Bonchev–Trinajstić information content (AvgIpc) is 2.57. The predicted molar refractivity (Wildman–Crippen MR) is 66.7 cm³/mol. The molecule has 1 aromatic rings. The van der Waals surface area contributed by atoms with Gasteiger partial charge in [-0.15, -0.1) is 10.2 Å². The third-order valence-corrected chi connectivity index (χ3v) is 4.77. The van der Waals surface area contributed by atoms with Crippen molar-refractivity contribution in [2.45, 2.75) is 51.0 Å². The first kappa shape index (κ1) is 12.1. The lowest BCUT2D eigenvalue weighted by molar-refractivity contribution is -0.0179. The average molecular weight is 250 g/mol. The van der Waals surface area contributed by atoms with Crippen molar-refractivity contribution in [3.63, 3.8) is 0 Å². The van der Waals surface area contributed by atoms with Gasteiger partial charge < -0.3 is 5.11 Å². The lowest BCUT2D eigenvalue weighted by Crippen LogP contribution is -2.41. The van der Waals surface area contributed by atoms with Crippen molar-refractivity contribution in [3.05, 3.63) is 5.82 Å². The molecule has 0 amide bonds. The molecule has 2 fully saturated rings. The molecule has 2 saturated carbocycles. The molecule has 3 rings (SSSR count). The van der Waals surface area contributed by atoms with Crippen molar-refractivity contribution < 1.29 is 5.11 Å². The number of aryl methyl sites for hydroxylation is 1. The molecule has 18 heavy (non-hydrogen) atoms. The Balaban J connectivity index is 1.65. The number of rotatable bonds is 5. The summed E-state index contributed by atoms with van der Waals surface area (Å²) >= 11 is 0. The molecule has 0 saturated heterocycles. The minimum Gasteiger partial charge on any atom is -0.392 e. The lowest BCUT2D eigenvalue weighted by atomic mass is 9.62. The van der Waals surface area contributed by atoms with Crippen molar-refractivity contribution in [1.82, 2.24) is 20.2 Å². The van der Waals surface area contributed by atoms with Crippen LogP contribution in [0, 0.1) is 17.8 Å². The summed E-state index contributed by atoms with van der Waals surface area (Å²) in [6, 6.07) is 0. The highest BCUT2D eigenvalue weighted by Gasteiger charge is 2.40. The van der Waals surface area contributed by atoms with Crippen LogP contribution in [0.2, 0.25) is 0 Å². The predicted octanol–water partition coefficient (Wildman–Crippen LogP) is 1.33. The molecule has 2 aliphatic rings. The highest BCUT2D eigenvalue weighted by molar-refractivity contribution is 4.93. The number of aliphatic hydroxyl groups excluding tert-OH is 1. The summed E-state index contributed by atoms with van der Waals surface area (Å²) in [5.74, 6) is 2.62. The minimum atomic E-state index is -0.287. The van der Waals surface area contributed by atoms with Crippen LogP contribution in [-0.2, 0) is 13.5 Å². The summed E-state index contributed by atoms with van der Waals surface area (Å²) in [6.45, 7) is 0. The van der Waals surface area contributed by atoms with Gasteiger partial charge in [-0.2, -0.15) is 4.80 Å². The second kappa shape index (κ2) is 4.96. The number of tetrazole rings is 1. The van der Waals surface area contributed by atoms with Crippen molar-refractivity contribution in [1.29, 1.82) is 0 Å². The van der Waals surface area contributed by atoms with Gasteiger partial charge in [0.1, 0.15) is 0 Å². The number of hydrogen-bond acceptors (Lipinski definition) is 4. The maximum absolute atomic E-state index is 10.5. The molecule has 1 unspecified atom stereocenters. The summed E-state index contributed by atoms with van der Waals surface area (Å²) in [6.07, 6.45) is 8.14. The summed E-state index contributed by atoms with van der Waals surface area (Å²) in [5, 5.41) is 22.5. The third-order valence-electron chi connectivity index (χ3n) is 4.77. The van der Waals surface area contributed by atoms with E-state index in [-0.39, 0.29) is 6.10 Å². The summed E-state index contributed by atoms with van der Waals surface area (Å²) in [5.41, 5.74) is 0. The van der Waals surface area contributed by atoms with E-state index in [0.29, 0.717) is 18.2 Å². The third kappa shape index (κ3) is 2.28. The van der Waals surface area contributed by atoms with Crippen LogP contribution in [0.1, 0.15) is 44.3 Å². The number of hydrogen-bond donors (Lipinski definition) is 1. The minimum absolute atomic E-state index is 0.287. The Morgan fingerprint density at radius 3 is 2.22 bits per heavy atom. The molecule has 0 bridgehead atoms. The van der Waals surface area contributed by atoms with Crippen LogP contribution in [0.15, 0.2) is 0 Å². The van der Waals surface area contributed by atoms with E-state index in [0.717, 1.165) is 11.8 Å². The number of nitrogens with zero attached hydrogens (tertiary/aromatic N) is 4. The molecule has 0 aromatic carbocycles. The summed E-state index contributed by atoms with van der Waals surface area (Å²) in [4.78, 5) is 1.46. The maximum Gasteiger partial charge on any atom is 0.177 e. The smallest absolute Gasteiger partial charge is 0.177 e. The van der Waals surface area contributed by atoms with E-state index in [9.17, 15) is 5.11 Å². The summed E-state index contributed by atoms with van der Waals surface area (Å²) in [7, 11) is 1.76. The molecular formula is C13H22N4O. The zero-order chi connectivity index (χ0) is 12.5. The second-order valence-electron chi connectivity index (χ2n) is 5.93. The maximum atomic E-state index is 10.5. The van der Waals surface area contributed by atoms with E-state index in [1.54, 1.807) is 7.05 Å². The summed E-state index contributed by atoms with van der Waals surface area (Å²) < 4.78 is 0. The first-order valence-corrected chi connectivity index (χ1v) is 7.15. The van der Waals surface area contributed by atoms with Crippen molar-refractivity contribution >= 4 is 0 Å². The molecule has 2 aliphatic carbocycles. The molecule has 5 nitrogen and oxygen atoms in total. The molecule has 0 aliphatic heterocycles. The van der Waals surface area contributed by atoms with E-state index in [1.807, 2.05) is 0 Å². The first-order chi connectivity index (χ1) is 8.74. The Bertz CT molecular complexity index is 383. The number of aliphatic hydroxyl groups is 1. The van der Waals surface area contributed by atoms with Crippen LogP contribution in [0.3, 0.4) is 0 Å². The van der Waals surface area contributed by atoms with E-state index in [2.05, 4.69) is 15.4 Å². The van der Waals surface area contributed by atoms with Gasteiger partial charge in [-0.1, -0.05) is 38.5 Å². The van der Waals surface area contributed by atoms with Crippen LogP contribution in [0.25, 0.3) is 0 Å². The van der Waals surface area contributed by atoms with Crippen LogP contribution >= 0.6 is 0 Å². The fraction of sp³-hybridized carbons (Fsp3) is 0.923. The van der Waals surface area contributed by atoms with Crippen LogP contribution < -0.4 is 0 Å². The van der Waals surface area contributed by atoms with Crippen molar-refractivity contribution in [2.24, 2.45) is 24.8 Å². The van der Waals surface area contributed by atoms with E-state index >= 15 is 0 Å². The number of aromatic nitrogens is 4. The van der Waals surface area contributed by atoms with E-state index < -0.39 is 0 Å². The fourth-order valence-electron chi connectivity index (χ4n) is 3.39. The SMILES string of the molecule is Cn1nnc(CC(O)C(C2CCC2)C2CCC2)n1. The topological polar surface area (TPSA) is 63.8 Å². The van der Waals surface area contributed by atoms with Gasteiger partial charge >= 0.3 is 0 Å². The standard InChI is InChI=1S/C13H22N4O/c1-17-15-12(14-16-17)8-11(18)13(9-4-2-5-9)10-6-3-7-10/h9-11,13,18H,2-8H2,1H3. The monoisotopic (exact) mass is 250 g/mol. The highest BCUT2D eigenvalue weighted by Crippen LogP contribution is 2.46. The van der Waals surface area contributed by atoms with Gasteiger partial charge in [0.2, 0.25) is 0 Å². The van der Waals surface area contributed by atoms with Gasteiger partial charge in [0, 0.05) is 6.42 Å². The highest BCUT2D eigenvalue weighted by atomic mass is 16.3. The largest absolute Gasteiger partial charge is 0.392 e. The first-order valence-electron chi connectivity index (χ1n) is 7.15. The molecule has 1 atom stereocenters. The van der Waals surface area contributed by atoms with Crippen LogP contribution in [0.5, 0.6) is 0 Å². The normalized spacial score (nSPS) is 22.8. The van der Waals surface area contributed by atoms with Crippen molar-refractivity contribution in [2.75, 3.05) is 0 Å². The van der Waals surface area contributed by atoms with Gasteiger partial charge in [-0.05, 0) is 23.0 Å². The van der Waals surface area contributed by atoms with Crippen LogP contribution in [0.4, 0.5) is 0 Å². The van der Waals surface area contributed by atoms with Gasteiger partial charge in [0.05, 0.1) is 13.2 Å². The Morgan fingerprint density at radius 2 is 1.83 bits per heavy atom. The van der Waals surface area contributed by atoms with E-state index in [1.165, 1.54) is 43.3 Å². The Hall–Kier alpha value is -0.970. The molecule has 5 heteroatoms. The molecule has 100 valence electrons. The van der Waals surface area contributed by atoms with Crippen LogP contribution in [-0.4, -0.2) is 31.4 Å². The van der Waals surface area contributed by atoms with Gasteiger partial charge in [0.25, 0.3) is 0 Å². The van der Waals surface area contributed by atoms with Crippen molar-refractivity contribution in [3.8, 4) is 0 Å². The molecule has 1 N–H and O–H groups in total. The Labute approximate surface area is 108 Å². The quantitative estimate of drug-likeness (QED) is 0.856. The molecule has 1 aromatic heterocycles. The Kier molecular flexibility index (Phi) is 3.33.